The Kier molecular flexibility index (Phi) is 3.22. The van der Waals surface area contributed by atoms with Crippen LogP contribution < -0.4 is 10.5 Å². The van der Waals surface area contributed by atoms with Crippen LogP contribution in [0.3, 0.4) is 0 Å². The van der Waals surface area contributed by atoms with Gasteiger partial charge in [0.05, 0.1) is 0 Å². The average molecular weight is 225 g/mol. The maximum absolute atomic E-state index is 8.70. The van der Waals surface area contributed by atoms with Crippen molar-refractivity contribution in [3.8, 4) is 11.8 Å². The van der Waals surface area contributed by atoms with Crippen molar-refractivity contribution >= 4 is 5.69 Å². The highest BCUT2D eigenvalue weighted by atomic mass is 16.5. The molecule has 1 aromatic heterocycles. The number of pyridine rings is 1. The summed E-state index contributed by atoms with van der Waals surface area (Å²) in [4.78, 5) is 3.87. The molecular weight excluding hydrogens is 214 g/mol. The Labute approximate surface area is 99.3 Å². The van der Waals surface area contributed by atoms with Gasteiger partial charge < -0.3 is 10.5 Å². The molecule has 4 nitrogen and oxygen atoms in total. The highest BCUT2D eigenvalue weighted by Gasteiger charge is 1.98. The topological polar surface area (TPSA) is 71.9 Å². The van der Waals surface area contributed by atoms with Crippen molar-refractivity contribution in [2.45, 2.75) is 6.61 Å². The van der Waals surface area contributed by atoms with E-state index in [4.69, 9.17) is 15.7 Å². The molecule has 2 aromatic rings. The first-order valence-corrected chi connectivity index (χ1v) is 5.11. The third kappa shape index (κ3) is 2.95. The molecule has 0 atom stereocenters. The smallest absolute Gasteiger partial charge is 0.144 e. The SMILES string of the molecule is N#Cc1cc(OCc2ccc(N)cc2)ccn1. The molecule has 0 aliphatic carbocycles. The Balaban J connectivity index is 2.02. The first-order chi connectivity index (χ1) is 8.28. The zero-order valence-corrected chi connectivity index (χ0v) is 9.13. The number of nitrogens with two attached hydrogens (primary N) is 1. The second-order valence-corrected chi connectivity index (χ2v) is 3.52. The van der Waals surface area contributed by atoms with Gasteiger partial charge in [-0.15, -0.1) is 0 Å². The van der Waals surface area contributed by atoms with Gasteiger partial charge in [0.15, 0.2) is 0 Å². The second kappa shape index (κ2) is 4.99. The van der Waals surface area contributed by atoms with Crippen LogP contribution in [0.15, 0.2) is 42.6 Å². The second-order valence-electron chi connectivity index (χ2n) is 3.52. The largest absolute Gasteiger partial charge is 0.489 e. The summed E-state index contributed by atoms with van der Waals surface area (Å²) in [6.45, 7) is 0.440. The minimum atomic E-state index is 0.347. The van der Waals surface area contributed by atoms with Gasteiger partial charge in [-0.25, -0.2) is 4.98 Å². The van der Waals surface area contributed by atoms with E-state index in [2.05, 4.69) is 4.98 Å². The lowest BCUT2D eigenvalue weighted by Crippen LogP contribution is -1.96. The van der Waals surface area contributed by atoms with E-state index < -0.39 is 0 Å². The van der Waals surface area contributed by atoms with Gasteiger partial charge in [-0.2, -0.15) is 5.26 Å². The monoisotopic (exact) mass is 225 g/mol. The molecule has 0 fully saturated rings. The molecule has 0 amide bonds. The zero-order valence-electron chi connectivity index (χ0n) is 9.13. The summed E-state index contributed by atoms with van der Waals surface area (Å²) in [6.07, 6.45) is 1.55. The van der Waals surface area contributed by atoms with Crippen LogP contribution in [-0.4, -0.2) is 4.98 Å². The van der Waals surface area contributed by atoms with E-state index >= 15 is 0 Å². The fourth-order valence-electron chi connectivity index (χ4n) is 1.34. The van der Waals surface area contributed by atoms with E-state index in [0.29, 0.717) is 18.1 Å². The van der Waals surface area contributed by atoms with Gasteiger partial charge in [0.2, 0.25) is 0 Å². The number of ether oxygens (including phenoxy) is 1. The predicted octanol–water partition coefficient (Wildman–Crippen LogP) is 2.11. The molecule has 0 saturated heterocycles. The Morgan fingerprint density at radius 2 is 2.00 bits per heavy atom. The van der Waals surface area contributed by atoms with Crippen molar-refractivity contribution in [3.63, 3.8) is 0 Å². The van der Waals surface area contributed by atoms with Crippen LogP contribution in [0.5, 0.6) is 5.75 Å². The first-order valence-electron chi connectivity index (χ1n) is 5.11. The number of rotatable bonds is 3. The van der Waals surface area contributed by atoms with Crippen molar-refractivity contribution in [2.75, 3.05) is 5.73 Å². The van der Waals surface area contributed by atoms with E-state index in [-0.39, 0.29) is 0 Å². The molecule has 0 radical (unpaired) electrons. The van der Waals surface area contributed by atoms with Crippen LogP contribution >= 0.6 is 0 Å². The molecule has 0 bridgehead atoms. The quantitative estimate of drug-likeness (QED) is 0.812. The van der Waals surface area contributed by atoms with Crippen LogP contribution in [-0.2, 0) is 6.61 Å². The summed E-state index contributed by atoms with van der Waals surface area (Å²) in [5, 5.41) is 8.70. The molecule has 2 N–H and O–H groups in total. The minimum Gasteiger partial charge on any atom is -0.489 e. The van der Waals surface area contributed by atoms with Crippen LogP contribution in [0.25, 0.3) is 0 Å². The summed E-state index contributed by atoms with van der Waals surface area (Å²) < 4.78 is 5.54. The number of nitrogen functional groups attached to an aromatic ring is 1. The summed E-state index contributed by atoms with van der Waals surface area (Å²) in [5.41, 5.74) is 7.68. The third-order valence-corrected chi connectivity index (χ3v) is 2.23. The Morgan fingerprint density at radius 3 is 2.71 bits per heavy atom. The van der Waals surface area contributed by atoms with Crippen LogP contribution in [0.1, 0.15) is 11.3 Å². The summed E-state index contributed by atoms with van der Waals surface area (Å²) >= 11 is 0. The van der Waals surface area contributed by atoms with Crippen LogP contribution in [0, 0.1) is 11.3 Å². The summed E-state index contributed by atoms with van der Waals surface area (Å²) in [6, 6.07) is 12.8. The van der Waals surface area contributed by atoms with Crippen LogP contribution in [0.2, 0.25) is 0 Å². The third-order valence-electron chi connectivity index (χ3n) is 2.23. The van der Waals surface area contributed by atoms with Crippen molar-refractivity contribution in [2.24, 2.45) is 0 Å². The molecule has 0 spiro atoms. The number of nitriles is 1. The first kappa shape index (κ1) is 11.0. The Bertz CT molecular complexity index is 543. The molecule has 1 heterocycles. The van der Waals surface area contributed by atoms with Gasteiger partial charge >= 0.3 is 0 Å². The normalized spacial score (nSPS) is 9.59. The van der Waals surface area contributed by atoms with Crippen molar-refractivity contribution in [1.82, 2.24) is 4.98 Å². The number of hydrogen-bond acceptors (Lipinski definition) is 4. The zero-order chi connectivity index (χ0) is 12.1. The lowest BCUT2D eigenvalue weighted by molar-refractivity contribution is 0.306. The van der Waals surface area contributed by atoms with Gasteiger partial charge in [-0.1, -0.05) is 12.1 Å². The molecule has 2 rings (SSSR count). The van der Waals surface area contributed by atoms with E-state index in [0.717, 1.165) is 11.3 Å². The summed E-state index contributed by atoms with van der Waals surface area (Å²) in [7, 11) is 0. The fraction of sp³-hybridized carbons (Fsp3) is 0.0769. The standard InChI is InChI=1S/C13H11N3O/c14-8-12-7-13(5-6-16-12)17-9-10-1-3-11(15)4-2-10/h1-7H,9,15H2. The Morgan fingerprint density at radius 1 is 1.24 bits per heavy atom. The number of benzene rings is 1. The van der Waals surface area contributed by atoms with Gasteiger partial charge in [-0.05, 0) is 23.8 Å². The molecule has 1 aromatic carbocycles. The molecule has 0 aliphatic heterocycles. The van der Waals surface area contributed by atoms with Gasteiger partial charge in [0.25, 0.3) is 0 Å². The number of nitrogens with zero attached hydrogens (tertiary/aromatic N) is 2. The van der Waals surface area contributed by atoms with Gasteiger partial charge in [0, 0.05) is 18.0 Å². The molecule has 0 aliphatic rings. The molecule has 17 heavy (non-hydrogen) atoms. The van der Waals surface area contributed by atoms with Crippen molar-refractivity contribution < 1.29 is 4.74 Å². The maximum atomic E-state index is 8.70. The fourth-order valence-corrected chi connectivity index (χ4v) is 1.34. The lowest BCUT2D eigenvalue weighted by atomic mass is 10.2. The Hall–Kier alpha value is -2.54. The van der Waals surface area contributed by atoms with Crippen molar-refractivity contribution in [3.05, 3.63) is 53.9 Å². The van der Waals surface area contributed by atoms with Crippen molar-refractivity contribution in [1.29, 1.82) is 5.26 Å². The maximum Gasteiger partial charge on any atom is 0.144 e. The predicted molar refractivity (Wildman–Crippen MR) is 64.1 cm³/mol. The average Bonchev–Trinajstić information content (AvgIpc) is 2.38. The summed E-state index contributed by atoms with van der Waals surface area (Å²) in [5.74, 6) is 0.633. The van der Waals surface area contributed by atoms with E-state index in [9.17, 15) is 0 Å². The van der Waals surface area contributed by atoms with Crippen LogP contribution in [0.4, 0.5) is 5.69 Å². The lowest BCUT2D eigenvalue weighted by Gasteiger charge is -2.06. The number of hydrogen-bond donors (Lipinski definition) is 1. The molecular formula is C13H11N3O. The number of anilines is 1. The molecule has 4 heteroatoms. The highest BCUT2D eigenvalue weighted by molar-refractivity contribution is 5.39. The van der Waals surface area contributed by atoms with Gasteiger partial charge in [-0.3, -0.25) is 0 Å². The van der Waals surface area contributed by atoms with Gasteiger partial charge in [0.1, 0.15) is 24.1 Å². The molecule has 0 unspecified atom stereocenters. The number of aromatic nitrogens is 1. The van der Waals surface area contributed by atoms with E-state index in [1.807, 2.05) is 30.3 Å². The molecule has 84 valence electrons. The molecule has 0 saturated carbocycles. The van der Waals surface area contributed by atoms with E-state index in [1.54, 1.807) is 18.3 Å². The highest BCUT2D eigenvalue weighted by Crippen LogP contribution is 2.13. The van der Waals surface area contributed by atoms with E-state index in [1.165, 1.54) is 0 Å². The minimum absolute atomic E-state index is 0.347.